The average Bonchev–Trinajstić information content (AvgIpc) is 2.37. The fourth-order valence-corrected chi connectivity index (χ4v) is 2.22. The Labute approximate surface area is 105 Å². The molecule has 100 valence electrons. The zero-order valence-electron chi connectivity index (χ0n) is 11.4. The topological polar surface area (TPSA) is 43.8 Å². The molecule has 1 rings (SSSR count). The molecule has 0 spiro atoms. The van der Waals surface area contributed by atoms with Gasteiger partial charge in [-0.25, -0.2) is 0 Å². The molecule has 1 saturated heterocycles. The summed E-state index contributed by atoms with van der Waals surface area (Å²) >= 11 is 0. The standard InChI is InChI=1S/C13H26N2O2/c1-4-11(2)12(3)13(17)15-7-5-14(6-8-15)9-10-16/h11-12,16H,4-10H2,1-3H3. The summed E-state index contributed by atoms with van der Waals surface area (Å²) in [6.45, 7) is 10.6. The number of hydrogen-bond donors (Lipinski definition) is 1. The predicted molar refractivity (Wildman–Crippen MR) is 68.7 cm³/mol. The highest BCUT2D eigenvalue weighted by Crippen LogP contribution is 2.18. The maximum Gasteiger partial charge on any atom is 0.225 e. The number of aliphatic hydroxyl groups excluding tert-OH is 1. The molecular weight excluding hydrogens is 216 g/mol. The van der Waals surface area contributed by atoms with E-state index in [2.05, 4.69) is 18.7 Å². The Bertz CT molecular complexity index is 238. The molecule has 0 bridgehead atoms. The van der Waals surface area contributed by atoms with Crippen molar-refractivity contribution < 1.29 is 9.90 Å². The Kier molecular flexibility index (Phi) is 5.92. The fraction of sp³-hybridized carbons (Fsp3) is 0.923. The van der Waals surface area contributed by atoms with Crippen molar-refractivity contribution in [2.24, 2.45) is 11.8 Å². The third kappa shape index (κ3) is 3.96. The summed E-state index contributed by atoms with van der Waals surface area (Å²) in [5.74, 6) is 0.880. The number of nitrogens with zero attached hydrogens (tertiary/aromatic N) is 2. The molecular formula is C13H26N2O2. The normalized spacial score (nSPS) is 21.3. The summed E-state index contributed by atoms with van der Waals surface area (Å²) in [7, 11) is 0. The van der Waals surface area contributed by atoms with Gasteiger partial charge < -0.3 is 10.0 Å². The Morgan fingerprint density at radius 2 is 1.82 bits per heavy atom. The lowest BCUT2D eigenvalue weighted by molar-refractivity contribution is -0.138. The van der Waals surface area contributed by atoms with Crippen molar-refractivity contribution in [1.82, 2.24) is 9.80 Å². The third-order valence-corrected chi connectivity index (χ3v) is 3.99. The molecule has 4 nitrogen and oxygen atoms in total. The molecule has 1 heterocycles. The van der Waals surface area contributed by atoms with Gasteiger partial charge in [0.1, 0.15) is 0 Å². The van der Waals surface area contributed by atoms with Crippen LogP contribution in [0.4, 0.5) is 0 Å². The number of piperazine rings is 1. The average molecular weight is 242 g/mol. The van der Waals surface area contributed by atoms with Crippen molar-refractivity contribution in [1.29, 1.82) is 0 Å². The molecule has 2 atom stereocenters. The molecule has 17 heavy (non-hydrogen) atoms. The van der Waals surface area contributed by atoms with E-state index in [0.717, 1.165) is 39.1 Å². The molecule has 1 aliphatic heterocycles. The molecule has 0 aromatic heterocycles. The maximum absolute atomic E-state index is 12.2. The van der Waals surface area contributed by atoms with Gasteiger partial charge in [-0.3, -0.25) is 9.69 Å². The van der Waals surface area contributed by atoms with Gasteiger partial charge in [0.25, 0.3) is 0 Å². The van der Waals surface area contributed by atoms with Gasteiger partial charge in [0.15, 0.2) is 0 Å². The lowest BCUT2D eigenvalue weighted by atomic mass is 9.92. The van der Waals surface area contributed by atoms with Gasteiger partial charge in [0.2, 0.25) is 5.91 Å². The van der Waals surface area contributed by atoms with Crippen LogP contribution in [0.3, 0.4) is 0 Å². The minimum atomic E-state index is 0.129. The van der Waals surface area contributed by atoms with Crippen molar-refractivity contribution in [3.8, 4) is 0 Å². The molecule has 1 N–H and O–H groups in total. The van der Waals surface area contributed by atoms with Crippen LogP contribution in [0, 0.1) is 11.8 Å². The predicted octanol–water partition coefficient (Wildman–Crippen LogP) is 0.805. The minimum absolute atomic E-state index is 0.129. The number of rotatable bonds is 5. The van der Waals surface area contributed by atoms with Crippen LogP contribution in [0.5, 0.6) is 0 Å². The third-order valence-electron chi connectivity index (χ3n) is 3.99. The van der Waals surface area contributed by atoms with Crippen LogP contribution in [-0.4, -0.2) is 60.1 Å². The van der Waals surface area contributed by atoms with Crippen LogP contribution in [0.1, 0.15) is 27.2 Å². The van der Waals surface area contributed by atoms with Crippen molar-refractivity contribution in [3.63, 3.8) is 0 Å². The molecule has 0 saturated carbocycles. The lowest BCUT2D eigenvalue weighted by Gasteiger charge is -2.36. The zero-order chi connectivity index (χ0) is 12.8. The van der Waals surface area contributed by atoms with Crippen LogP contribution in [0.25, 0.3) is 0 Å². The number of amides is 1. The Hall–Kier alpha value is -0.610. The van der Waals surface area contributed by atoms with E-state index in [1.54, 1.807) is 0 Å². The van der Waals surface area contributed by atoms with Crippen molar-refractivity contribution in [2.75, 3.05) is 39.3 Å². The first kappa shape index (κ1) is 14.5. The smallest absolute Gasteiger partial charge is 0.225 e. The van der Waals surface area contributed by atoms with E-state index in [0.29, 0.717) is 11.8 Å². The maximum atomic E-state index is 12.2. The SMILES string of the molecule is CCC(C)C(C)C(=O)N1CCN(CCO)CC1. The van der Waals surface area contributed by atoms with Gasteiger partial charge in [-0.2, -0.15) is 0 Å². The van der Waals surface area contributed by atoms with Crippen LogP contribution in [0.2, 0.25) is 0 Å². The van der Waals surface area contributed by atoms with Crippen LogP contribution >= 0.6 is 0 Å². The summed E-state index contributed by atoms with van der Waals surface area (Å²) in [5, 5.41) is 8.86. The van der Waals surface area contributed by atoms with Crippen molar-refractivity contribution in [3.05, 3.63) is 0 Å². The quantitative estimate of drug-likeness (QED) is 0.776. The molecule has 2 unspecified atom stereocenters. The van der Waals surface area contributed by atoms with Gasteiger partial charge in [-0.15, -0.1) is 0 Å². The second-order valence-electron chi connectivity index (χ2n) is 5.06. The minimum Gasteiger partial charge on any atom is -0.395 e. The van der Waals surface area contributed by atoms with E-state index < -0.39 is 0 Å². The van der Waals surface area contributed by atoms with Gasteiger partial charge in [-0.05, 0) is 5.92 Å². The highest BCUT2D eigenvalue weighted by Gasteiger charge is 2.26. The van der Waals surface area contributed by atoms with E-state index in [1.807, 2.05) is 11.8 Å². The largest absolute Gasteiger partial charge is 0.395 e. The highest BCUT2D eigenvalue weighted by molar-refractivity contribution is 5.78. The van der Waals surface area contributed by atoms with E-state index in [1.165, 1.54) is 0 Å². The molecule has 1 amide bonds. The molecule has 1 aliphatic rings. The van der Waals surface area contributed by atoms with E-state index in [-0.39, 0.29) is 12.5 Å². The van der Waals surface area contributed by atoms with Crippen molar-refractivity contribution in [2.45, 2.75) is 27.2 Å². The van der Waals surface area contributed by atoms with Gasteiger partial charge >= 0.3 is 0 Å². The lowest BCUT2D eigenvalue weighted by Crippen LogP contribution is -2.51. The second kappa shape index (κ2) is 6.97. The number of β-amino-alcohol motifs (C(OH)–C–C–N with tert-alkyl or cyclic N) is 1. The van der Waals surface area contributed by atoms with Gasteiger partial charge in [-0.1, -0.05) is 27.2 Å². The van der Waals surface area contributed by atoms with Crippen LogP contribution in [0.15, 0.2) is 0 Å². The van der Waals surface area contributed by atoms with Crippen LogP contribution in [-0.2, 0) is 4.79 Å². The molecule has 0 aliphatic carbocycles. The molecule has 0 aromatic carbocycles. The van der Waals surface area contributed by atoms with E-state index in [4.69, 9.17) is 5.11 Å². The summed E-state index contributed by atoms with van der Waals surface area (Å²) in [4.78, 5) is 16.4. The van der Waals surface area contributed by atoms with Gasteiger partial charge in [0.05, 0.1) is 6.61 Å². The first-order chi connectivity index (χ1) is 8.10. The summed E-state index contributed by atoms with van der Waals surface area (Å²) < 4.78 is 0. The van der Waals surface area contributed by atoms with Crippen molar-refractivity contribution >= 4 is 5.91 Å². The van der Waals surface area contributed by atoms with E-state index >= 15 is 0 Å². The number of carbonyl (C=O) groups excluding carboxylic acids is 1. The number of hydrogen-bond acceptors (Lipinski definition) is 3. The Morgan fingerprint density at radius 3 is 2.29 bits per heavy atom. The highest BCUT2D eigenvalue weighted by atomic mass is 16.3. The van der Waals surface area contributed by atoms with Crippen LogP contribution < -0.4 is 0 Å². The number of aliphatic hydroxyl groups is 1. The van der Waals surface area contributed by atoms with E-state index in [9.17, 15) is 4.79 Å². The second-order valence-corrected chi connectivity index (χ2v) is 5.06. The number of carbonyl (C=O) groups is 1. The first-order valence-electron chi connectivity index (χ1n) is 6.72. The molecule has 4 heteroatoms. The fourth-order valence-electron chi connectivity index (χ4n) is 2.22. The summed E-state index contributed by atoms with van der Waals surface area (Å²) in [5.41, 5.74) is 0. The van der Waals surface area contributed by atoms with Gasteiger partial charge in [0, 0.05) is 38.6 Å². The molecule has 1 fully saturated rings. The molecule has 0 radical (unpaired) electrons. The Balaban J connectivity index is 2.40. The zero-order valence-corrected chi connectivity index (χ0v) is 11.4. The molecule has 0 aromatic rings. The Morgan fingerprint density at radius 1 is 1.24 bits per heavy atom. The monoisotopic (exact) mass is 242 g/mol. The summed E-state index contributed by atoms with van der Waals surface area (Å²) in [6, 6.07) is 0. The first-order valence-corrected chi connectivity index (χ1v) is 6.72. The summed E-state index contributed by atoms with van der Waals surface area (Å²) in [6.07, 6.45) is 1.05.